The quantitative estimate of drug-likeness (QED) is 0.653. The van der Waals surface area contributed by atoms with Crippen LogP contribution in [0.3, 0.4) is 0 Å². The Morgan fingerprint density at radius 3 is 2.29 bits per heavy atom. The molecule has 0 unspecified atom stereocenters. The molecule has 0 aromatic heterocycles. The van der Waals surface area contributed by atoms with Crippen molar-refractivity contribution in [2.45, 2.75) is 0 Å². The lowest BCUT2D eigenvalue weighted by Gasteiger charge is -1.99. The molecule has 0 radical (unpaired) electrons. The summed E-state index contributed by atoms with van der Waals surface area (Å²) in [5.41, 5.74) is 4.89. The Balaban J connectivity index is 1.97. The van der Waals surface area contributed by atoms with E-state index in [-0.39, 0.29) is 0 Å². The molecule has 0 saturated heterocycles. The number of hydrogen-bond donors (Lipinski definition) is 1. The van der Waals surface area contributed by atoms with Gasteiger partial charge >= 0.3 is 0 Å². The van der Waals surface area contributed by atoms with Gasteiger partial charge in [-0.2, -0.15) is 5.10 Å². The fourth-order valence-electron chi connectivity index (χ4n) is 1.25. The van der Waals surface area contributed by atoms with Crippen LogP contribution in [-0.2, 0) is 0 Å². The van der Waals surface area contributed by atoms with Crippen LogP contribution in [0, 0.1) is 0 Å². The van der Waals surface area contributed by atoms with Gasteiger partial charge in [0, 0.05) is 9.50 Å². The molecule has 0 atom stereocenters. The van der Waals surface area contributed by atoms with Gasteiger partial charge in [-0.05, 0) is 42.0 Å². The fraction of sp³-hybridized carbons (Fsp3) is 0. The second-order valence-corrected chi connectivity index (χ2v) is 4.78. The molecule has 2 aromatic carbocycles. The summed E-state index contributed by atoms with van der Waals surface area (Å²) in [6.07, 6.45) is 1.75. The number of halogens is 2. The first kappa shape index (κ1) is 12.1. The van der Waals surface area contributed by atoms with Gasteiger partial charge in [0.15, 0.2) is 0 Å². The smallest absolute Gasteiger partial charge is 0.0562 e. The first-order chi connectivity index (χ1) is 8.24. The minimum atomic E-state index is 0.725. The third-order valence-electron chi connectivity index (χ3n) is 2.12. The van der Waals surface area contributed by atoms with Gasteiger partial charge in [-0.15, -0.1) is 0 Å². The zero-order valence-corrected chi connectivity index (χ0v) is 11.2. The van der Waals surface area contributed by atoms with Crippen LogP contribution in [-0.4, -0.2) is 6.21 Å². The maximum absolute atomic E-state index is 5.79. The number of hydrogen-bond acceptors (Lipinski definition) is 2. The zero-order chi connectivity index (χ0) is 12.1. The lowest BCUT2D eigenvalue weighted by atomic mass is 10.2. The minimum absolute atomic E-state index is 0.725. The van der Waals surface area contributed by atoms with Gasteiger partial charge in [0.05, 0.1) is 11.9 Å². The van der Waals surface area contributed by atoms with E-state index in [1.54, 1.807) is 6.21 Å². The van der Waals surface area contributed by atoms with Crippen LogP contribution in [0.15, 0.2) is 58.1 Å². The zero-order valence-electron chi connectivity index (χ0n) is 8.90. The molecule has 0 fully saturated rings. The molecule has 2 nitrogen and oxygen atoms in total. The highest BCUT2D eigenvalue weighted by Gasteiger charge is 1.90. The van der Waals surface area contributed by atoms with E-state index in [9.17, 15) is 0 Å². The average molecular weight is 310 g/mol. The summed E-state index contributed by atoms with van der Waals surface area (Å²) in [7, 11) is 0. The number of hydrazone groups is 1. The van der Waals surface area contributed by atoms with Gasteiger partial charge in [0.2, 0.25) is 0 Å². The topological polar surface area (TPSA) is 24.4 Å². The molecule has 0 saturated carbocycles. The van der Waals surface area contributed by atoms with Crippen molar-refractivity contribution in [2.75, 3.05) is 5.43 Å². The lowest BCUT2D eigenvalue weighted by Crippen LogP contribution is -1.89. The highest BCUT2D eigenvalue weighted by molar-refractivity contribution is 9.10. The molecule has 4 heteroatoms. The first-order valence-corrected chi connectivity index (χ1v) is 6.21. The number of rotatable bonds is 3. The fourth-order valence-corrected chi connectivity index (χ4v) is 1.64. The molecule has 0 bridgehead atoms. The van der Waals surface area contributed by atoms with Crippen LogP contribution >= 0.6 is 27.5 Å². The van der Waals surface area contributed by atoms with Gasteiger partial charge in [-0.25, -0.2) is 0 Å². The van der Waals surface area contributed by atoms with Crippen LogP contribution < -0.4 is 5.43 Å². The highest BCUT2D eigenvalue weighted by atomic mass is 79.9. The van der Waals surface area contributed by atoms with E-state index in [0.29, 0.717) is 0 Å². The summed E-state index contributed by atoms with van der Waals surface area (Å²) in [4.78, 5) is 0. The van der Waals surface area contributed by atoms with Crippen molar-refractivity contribution in [3.63, 3.8) is 0 Å². The van der Waals surface area contributed by atoms with E-state index >= 15 is 0 Å². The van der Waals surface area contributed by atoms with Crippen molar-refractivity contribution in [2.24, 2.45) is 5.10 Å². The van der Waals surface area contributed by atoms with Crippen molar-refractivity contribution in [1.82, 2.24) is 0 Å². The van der Waals surface area contributed by atoms with Gasteiger partial charge < -0.3 is 0 Å². The Morgan fingerprint density at radius 1 is 1.00 bits per heavy atom. The van der Waals surface area contributed by atoms with E-state index < -0.39 is 0 Å². The first-order valence-electron chi connectivity index (χ1n) is 5.04. The third-order valence-corrected chi connectivity index (χ3v) is 2.90. The molecule has 86 valence electrons. The van der Waals surface area contributed by atoms with Crippen LogP contribution in [0.4, 0.5) is 5.69 Å². The second kappa shape index (κ2) is 5.84. The van der Waals surface area contributed by atoms with E-state index in [2.05, 4.69) is 26.5 Å². The van der Waals surface area contributed by atoms with Crippen molar-refractivity contribution < 1.29 is 0 Å². The van der Waals surface area contributed by atoms with Gasteiger partial charge in [0.25, 0.3) is 0 Å². The SMILES string of the molecule is Clc1ccc(C=NNc2ccc(Br)cc2)cc1. The average Bonchev–Trinajstić information content (AvgIpc) is 2.34. The van der Waals surface area contributed by atoms with Crippen LogP contribution in [0.5, 0.6) is 0 Å². The Kier molecular flexibility index (Phi) is 4.18. The van der Waals surface area contributed by atoms with Crippen LogP contribution in [0.1, 0.15) is 5.56 Å². The largest absolute Gasteiger partial charge is 0.279 e. The summed E-state index contributed by atoms with van der Waals surface area (Å²) in [5, 5.41) is 4.86. The summed E-state index contributed by atoms with van der Waals surface area (Å²) in [6.45, 7) is 0. The summed E-state index contributed by atoms with van der Waals surface area (Å²) in [5.74, 6) is 0. The van der Waals surface area contributed by atoms with E-state index in [4.69, 9.17) is 11.6 Å². The molecule has 0 spiro atoms. The standard InChI is InChI=1S/C13H10BrClN2/c14-11-3-7-13(8-4-11)17-16-9-10-1-5-12(15)6-2-10/h1-9,17H. The van der Waals surface area contributed by atoms with Gasteiger partial charge in [-0.1, -0.05) is 39.7 Å². The summed E-state index contributed by atoms with van der Waals surface area (Å²) < 4.78 is 1.05. The maximum Gasteiger partial charge on any atom is 0.0562 e. The molecule has 1 N–H and O–H groups in total. The molecule has 0 aliphatic heterocycles. The molecule has 17 heavy (non-hydrogen) atoms. The monoisotopic (exact) mass is 308 g/mol. The van der Waals surface area contributed by atoms with Crippen molar-refractivity contribution in [3.8, 4) is 0 Å². The number of nitrogens with one attached hydrogen (secondary N) is 1. The van der Waals surface area contributed by atoms with Crippen molar-refractivity contribution in [3.05, 3.63) is 63.6 Å². The molecule has 2 rings (SSSR count). The molecular weight excluding hydrogens is 300 g/mol. The van der Waals surface area contributed by atoms with Crippen molar-refractivity contribution >= 4 is 39.4 Å². The Bertz CT molecular complexity index is 506. The van der Waals surface area contributed by atoms with Crippen LogP contribution in [0.2, 0.25) is 5.02 Å². The predicted octanol–water partition coefficient (Wildman–Crippen LogP) is 4.55. The van der Waals surface area contributed by atoms with Crippen LogP contribution in [0.25, 0.3) is 0 Å². The maximum atomic E-state index is 5.79. The van der Waals surface area contributed by atoms with Gasteiger partial charge in [-0.3, -0.25) is 5.43 Å². The molecule has 0 aliphatic rings. The molecule has 0 aliphatic carbocycles. The molecular formula is C13H10BrClN2. The predicted molar refractivity (Wildman–Crippen MR) is 76.8 cm³/mol. The van der Waals surface area contributed by atoms with E-state index in [0.717, 1.165) is 20.7 Å². The minimum Gasteiger partial charge on any atom is -0.279 e. The summed E-state index contributed by atoms with van der Waals surface area (Å²) in [6, 6.07) is 15.3. The molecule has 2 aromatic rings. The number of nitrogens with zero attached hydrogens (tertiary/aromatic N) is 1. The Labute approximate surface area is 113 Å². The summed E-state index contributed by atoms with van der Waals surface area (Å²) >= 11 is 9.17. The Hall–Kier alpha value is -1.32. The van der Waals surface area contributed by atoms with E-state index in [1.807, 2.05) is 48.5 Å². The number of anilines is 1. The van der Waals surface area contributed by atoms with Crippen molar-refractivity contribution in [1.29, 1.82) is 0 Å². The third kappa shape index (κ3) is 3.88. The lowest BCUT2D eigenvalue weighted by molar-refractivity contribution is 1.35. The molecule has 0 amide bonds. The number of benzene rings is 2. The highest BCUT2D eigenvalue weighted by Crippen LogP contribution is 2.14. The van der Waals surface area contributed by atoms with Gasteiger partial charge in [0.1, 0.15) is 0 Å². The second-order valence-electron chi connectivity index (χ2n) is 3.43. The van der Waals surface area contributed by atoms with E-state index in [1.165, 1.54) is 0 Å². The normalized spacial score (nSPS) is 10.7. The molecule has 0 heterocycles. The Morgan fingerprint density at radius 2 is 1.65 bits per heavy atom.